The molecule has 1 aliphatic rings. The Bertz CT molecular complexity index is 636. The molecule has 98 valence electrons. The second-order valence-corrected chi connectivity index (χ2v) is 5.62. The van der Waals surface area contributed by atoms with E-state index in [9.17, 15) is 4.79 Å². The van der Waals surface area contributed by atoms with Crippen molar-refractivity contribution in [1.29, 1.82) is 0 Å². The van der Waals surface area contributed by atoms with Crippen LogP contribution in [-0.4, -0.2) is 17.6 Å². The molecule has 1 aliphatic heterocycles. The van der Waals surface area contributed by atoms with Crippen molar-refractivity contribution in [2.45, 2.75) is 13.0 Å². The monoisotopic (exact) mass is 274 g/mol. The molecule has 2 heterocycles. The molecule has 0 radical (unpaired) electrons. The van der Waals surface area contributed by atoms with Crippen molar-refractivity contribution >= 4 is 28.7 Å². The molecule has 3 N–H and O–H groups in total. The van der Waals surface area contributed by atoms with Gasteiger partial charge in [-0.25, -0.2) is 4.79 Å². The molecule has 19 heavy (non-hydrogen) atoms. The number of anilines is 2. The zero-order valence-corrected chi connectivity index (χ0v) is 11.1. The Morgan fingerprint density at radius 2 is 2.21 bits per heavy atom. The smallest absolute Gasteiger partial charge is 0.337 e. The molecule has 0 aliphatic carbocycles. The summed E-state index contributed by atoms with van der Waals surface area (Å²) in [7, 11) is 0. The number of rotatable bonds is 2. The molecular weight excluding hydrogens is 260 g/mol. The Hall–Kier alpha value is -2.01. The average Bonchev–Trinajstić information content (AvgIpc) is 2.85. The molecule has 0 fully saturated rings. The second kappa shape index (κ2) is 4.59. The number of benzene rings is 1. The number of carboxylic acid groups (broad SMARTS) is 1. The van der Waals surface area contributed by atoms with E-state index in [0.29, 0.717) is 5.69 Å². The van der Waals surface area contributed by atoms with Gasteiger partial charge in [-0.3, -0.25) is 0 Å². The largest absolute Gasteiger partial charge is 0.478 e. The highest BCUT2D eigenvalue weighted by atomic mass is 32.1. The first-order valence-corrected chi connectivity index (χ1v) is 6.96. The third-order valence-corrected chi connectivity index (χ3v) is 4.46. The summed E-state index contributed by atoms with van der Waals surface area (Å²) in [6, 6.07) is 7.31. The van der Waals surface area contributed by atoms with Gasteiger partial charge in [0, 0.05) is 29.3 Å². The third-order valence-electron chi connectivity index (χ3n) is 3.44. The molecule has 0 saturated heterocycles. The summed E-state index contributed by atoms with van der Waals surface area (Å²) in [4.78, 5) is 14.6. The number of carbonyl (C=O) groups is 1. The number of hydrogen-bond acceptors (Lipinski definition) is 4. The minimum absolute atomic E-state index is 0.164. The molecule has 0 unspecified atom stereocenters. The molecule has 1 aromatic heterocycles. The summed E-state index contributed by atoms with van der Waals surface area (Å²) in [5.74, 6) is -0.984. The summed E-state index contributed by atoms with van der Waals surface area (Å²) < 4.78 is 0. The standard InChI is InChI=1S/C14H14N2O2S/c15-12-7-10(1-2-11(12)14(17)18)16-5-3-13-9(8-16)4-6-19-13/h1-2,4,6-7H,3,5,8,15H2,(H,17,18). The number of nitrogens with two attached hydrogens (primary N) is 1. The Balaban J connectivity index is 1.88. The van der Waals surface area contributed by atoms with Crippen molar-refractivity contribution in [1.82, 2.24) is 0 Å². The van der Waals surface area contributed by atoms with E-state index >= 15 is 0 Å². The molecule has 2 aromatic rings. The van der Waals surface area contributed by atoms with Gasteiger partial charge < -0.3 is 15.7 Å². The van der Waals surface area contributed by atoms with E-state index in [-0.39, 0.29) is 5.56 Å². The number of nitrogens with zero attached hydrogens (tertiary/aromatic N) is 1. The van der Waals surface area contributed by atoms with E-state index in [1.807, 2.05) is 6.07 Å². The fourth-order valence-corrected chi connectivity index (χ4v) is 3.30. The summed E-state index contributed by atoms with van der Waals surface area (Å²) in [6.07, 6.45) is 1.04. The van der Waals surface area contributed by atoms with Crippen molar-refractivity contribution in [2.75, 3.05) is 17.2 Å². The lowest BCUT2D eigenvalue weighted by atomic mass is 10.1. The van der Waals surface area contributed by atoms with Crippen LogP contribution in [0.15, 0.2) is 29.6 Å². The lowest BCUT2D eigenvalue weighted by Gasteiger charge is -2.29. The lowest BCUT2D eigenvalue weighted by Crippen LogP contribution is -2.29. The van der Waals surface area contributed by atoms with Gasteiger partial charge in [0.05, 0.1) is 5.56 Å². The molecule has 0 atom stereocenters. The Labute approximate surface area is 115 Å². The molecule has 0 spiro atoms. The van der Waals surface area contributed by atoms with Gasteiger partial charge in [0.2, 0.25) is 0 Å². The zero-order valence-electron chi connectivity index (χ0n) is 10.3. The molecule has 4 nitrogen and oxygen atoms in total. The van der Waals surface area contributed by atoms with Gasteiger partial charge in [-0.05, 0) is 41.6 Å². The van der Waals surface area contributed by atoms with Crippen LogP contribution < -0.4 is 10.6 Å². The molecule has 1 aromatic carbocycles. The van der Waals surface area contributed by atoms with Crippen LogP contribution in [0.4, 0.5) is 11.4 Å². The van der Waals surface area contributed by atoms with Crippen LogP contribution in [0.25, 0.3) is 0 Å². The summed E-state index contributed by atoms with van der Waals surface area (Å²) in [5, 5.41) is 11.1. The number of hydrogen-bond donors (Lipinski definition) is 2. The van der Waals surface area contributed by atoms with E-state index in [1.54, 1.807) is 23.5 Å². The number of carboxylic acids is 1. The Morgan fingerprint density at radius 3 is 2.95 bits per heavy atom. The minimum atomic E-state index is -0.984. The minimum Gasteiger partial charge on any atom is -0.478 e. The van der Waals surface area contributed by atoms with Crippen LogP contribution in [0.3, 0.4) is 0 Å². The van der Waals surface area contributed by atoms with Gasteiger partial charge in [0.25, 0.3) is 0 Å². The van der Waals surface area contributed by atoms with Crippen molar-refractivity contribution < 1.29 is 9.90 Å². The van der Waals surface area contributed by atoms with E-state index < -0.39 is 5.97 Å². The van der Waals surface area contributed by atoms with Crippen LogP contribution in [0.5, 0.6) is 0 Å². The molecule has 0 bridgehead atoms. The quantitative estimate of drug-likeness (QED) is 0.826. The summed E-state index contributed by atoms with van der Waals surface area (Å²) in [6.45, 7) is 1.81. The van der Waals surface area contributed by atoms with Crippen molar-refractivity contribution in [2.24, 2.45) is 0 Å². The highest BCUT2D eigenvalue weighted by molar-refractivity contribution is 7.10. The van der Waals surface area contributed by atoms with Crippen LogP contribution in [-0.2, 0) is 13.0 Å². The lowest BCUT2D eigenvalue weighted by molar-refractivity contribution is 0.0698. The molecular formula is C14H14N2O2S. The number of aromatic carboxylic acids is 1. The van der Waals surface area contributed by atoms with E-state index in [1.165, 1.54) is 10.4 Å². The van der Waals surface area contributed by atoms with Crippen LogP contribution in [0.1, 0.15) is 20.8 Å². The predicted molar refractivity (Wildman–Crippen MR) is 76.9 cm³/mol. The van der Waals surface area contributed by atoms with Gasteiger partial charge in [-0.1, -0.05) is 0 Å². The number of thiophene rings is 1. The summed E-state index contributed by atoms with van der Waals surface area (Å²) >= 11 is 1.80. The maximum atomic E-state index is 10.9. The Morgan fingerprint density at radius 1 is 1.37 bits per heavy atom. The van der Waals surface area contributed by atoms with Crippen LogP contribution in [0, 0.1) is 0 Å². The van der Waals surface area contributed by atoms with Gasteiger partial charge in [-0.15, -0.1) is 11.3 Å². The average molecular weight is 274 g/mol. The molecule has 3 rings (SSSR count). The fraction of sp³-hybridized carbons (Fsp3) is 0.214. The zero-order chi connectivity index (χ0) is 13.4. The molecule has 5 heteroatoms. The Kier molecular flexibility index (Phi) is 2.91. The highest BCUT2D eigenvalue weighted by Gasteiger charge is 2.18. The molecule has 0 saturated carbocycles. The first-order chi connectivity index (χ1) is 9.15. The van der Waals surface area contributed by atoms with E-state index in [0.717, 1.165) is 25.2 Å². The predicted octanol–water partition coefficient (Wildman–Crippen LogP) is 2.59. The maximum Gasteiger partial charge on any atom is 0.337 e. The fourth-order valence-electron chi connectivity index (χ4n) is 2.41. The van der Waals surface area contributed by atoms with Crippen LogP contribution in [0.2, 0.25) is 0 Å². The third kappa shape index (κ3) is 2.17. The maximum absolute atomic E-state index is 10.9. The molecule has 0 amide bonds. The van der Waals surface area contributed by atoms with E-state index in [2.05, 4.69) is 16.3 Å². The second-order valence-electron chi connectivity index (χ2n) is 4.62. The SMILES string of the molecule is Nc1cc(N2CCc3sccc3C2)ccc1C(=O)O. The summed E-state index contributed by atoms with van der Waals surface area (Å²) in [5.41, 5.74) is 8.63. The van der Waals surface area contributed by atoms with Crippen molar-refractivity contribution in [3.05, 3.63) is 45.6 Å². The van der Waals surface area contributed by atoms with Gasteiger partial charge in [0.1, 0.15) is 0 Å². The number of nitrogen functional groups attached to an aromatic ring is 1. The normalized spacial score (nSPS) is 14.2. The van der Waals surface area contributed by atoms with Gasteiger partial charge >= 0.3 is 5.97 Å². The highest BCUT2D eigenvalue weighted by Crippen LogP contribution is 2.29. The van der Waals surface area contributed by atoms with Gasteiger partial charge in [-0.2, -0.15) is 0 Å². The number of fused-ring (bicyclic) bond motifs is 1. The van der Waals surface area contributed by atoms with Crippen molar-refractivity contribution in [3.63, 3.8) is 0 Å². The van der Waals surface area contributed by atoms with E-state index in [4.69, 9.17) is 10.8 Å². The van der Waals surface area contributed by atoms with Crippen LogP contribution >= 0.6 is 11.3 Å². The topological polar surface area (TPSA) is 66.6 Å². The first-order valence-electron chi connectivity index (χ1n) is 6.08. The van der Waals surface area contributed by atoms with Gasteiger partial charge in [0.15, 0.2) is 0 Å². The first kappa shape index (κ1) is 12.0. The van der Waals surface area contributed by atoms with Crippen molar-refractivity contribution in [3.8, 4) is 0 Å².